The van der Waals surface area contributed by atoms with E-state index in [0.717, 1.165) is 0 Å². The zero-order valence-corrected chi connectivity index (χ0v) is 11.7. The minimum absolute atomic E-state index is 0.0346. The highest BCUT2D eigenvalue weighted by Crippen LogP contribution is 2.39. The molecule has 0 aliphatic carbocycles. The molecule has 3 rings (SSSR count). The number of benzene rings is 1. The third kappa shape index (κ3) is 3.02. The smallest absolute Gasteiger partial charge is 0.387 e. The molecule has 8 heteroatoms. The van der Waals surface area contributed by atoms with E-state index >= 15 is 0 Å². The fourth-order valence-electron chi connectivity index (χ4n) is 2.86. The second-order valence-electron chi connectivity index (χ2n) is 5.23. The standard InChI is InChI=1S/C15H13F2NO5/c16-15(17)22-8-3-1-7(2-4-8)18-13(19)11-9-5-6-10(23-9)12(11)14(20)21/h1-6,9-12,15H,(H,18,19)(H,20,21)/t9-,10-,11-,12+/m1/s1. The van der Waals surface area contributed by atoms with Gasteiger partial charge in [0.2, 0.25) is 5.91 Å². The van der Waals surface area contributed by atoms with E-state index in [0.29, 0.717) is 5.69 Å². The van der Waals surface area contributed by atoms with Crippen LogP contribution in [0.1, 0.15) is 0 Å². The van der Waals surface area contributed by atoms with Gasteiger partial charge in [-0.05, 0) is 24.3 Å². The molecule has 6 nitrogen and oxygen atoms in total. The Kier molecular flexibility index (Phi) is 3.99. The van der Waals surface area contributed by atoms with Gasteiger partial charge in [-0.3, -0.25) is 9.59 Å². The summed E-state index contributed by atoms with van der Waals surface area (Å²) in [5.74, 6) is -3.39. The highest BCUT2D eigenvalue weighted by Gasteiger charge is 2.53. The largest absolute Gasteiger partial charge is 0.481 e. The summed E-state index contributed by atoms with van der Waals surface area (Å²) < 4.78 is 33.8. The molecule has 0 aromatic heterocycles. The summed E-state index contributed by atoms with van der Waals surface area (Å²) >= 11 is 0. The maximum Gasteiger partial charge on any atom is 0.387 e. The van der Waals surface area contributed by atoms with Gasteiger partial charge in [0.1, 0.15) is 11.7 Å². The molecule has 0 unspecified atom stereocenters. The van der Waals surface area contributed by atoms with Crippen LogP contribution in [0.4, 0.5) is 14.5 Å². The van der Waals surface area contributed by atoms with E-state index in [9.17, 15) is 23.5 Å². The Balaban J connectivity index is 1.69. The number of ether oxygens (including phenoxy) is 2. The van der Waals surface area contributed by atoms with Gasteiger partial charge in [0.25, 0.3) is 0 Å². The highest BCUT2D eigenvalue weighted by molar-refractivity contribution is 5.96. The lowest BCUT2D eigenvalue weighted by atomic mass is 9.82. The van der Waals surface area contributed by atoms with E-state index in [1.807, 2.05) is 0 Å². The van der Waals surface area contributed by atoms with Gasteiger partial charge in [-0.25, -0.2) is 0 Å². The fraction of sp³-hybridized carbons (Fsp3) is 0.333. The first kappa shape index (κ1) is 15.4. The Morgan fingerprint density at radius 3 is 2.30 bits per heavy atom. The summed E-state index contributed by atoms with van der Waals surface area (Å²) in [6, 6.07) is 5.37. The topological polar surface area (TPSA) is 84.9 Å². The number of fused-ring (bicyclic) bond motifs is 2. The number of carbonyl (C=O) groups is 2. The zero-order chi connectivity index (χ0) is 16.6. The number of rotatable bonds is 5. The van der Waals surface area contributed by atoms with E-state index in [1.54, 1.807) is 12.2 Å². The molecule has 0 spiro atoms. The van der Waals surface area contributed by atoms with Crippen molar-refractivity contribution in [3.8, 4) is 5.75 Å². The van der Waals surface area contributed by atoms with Crippen LogP contribution in [-0.2, 0) is 14.3 Å². The van der Waals surface area contributed by atoms with Gasteiger partial charge in [-0.1, -0.05) is 12.2 Å². The van der Waals surface area contributed by atoms with E-state index < -0.39 is 42.5 Å². The first-order chi connectivity index (χ1) is 11.0. The van der Waals surface area contributed by atoms with Gasteiger partial charge in [0.15, 0.2) is 0 Å². The summed E-state index contributed by atoms with van der Waals surface area (Å²) in [4.78, 5) is 23.7. The molecular weight excluding hydrogens is 312 g/mol. The predicted octanol–water partition coefficient (Wildman–Crippen LogP) is 1.88. The van der Waals surface area contributed by atoms with Crippen LogP contribution in [0.5, 0.6) is 5.75 Å². The summed E-state index contributed by atoms with van der Waals surface area (Å²) in [5.41, 5.74) is 0.354. The van der Waals surface area contributed by atoms with Crippen LogP contribution in [0.15, 0.2) is 36.4 Å². The van der Waals surface area contributed by atoms with Crippen molar-refractivity contribution < 1.29 is 33.0 Å². The monoisotopic (exact) mass is 325 g/mol. The van der Waals surface area contributed by atoms with Gasteiger partial charge in [0, 0.05) is 5.69 Å². The van der Waals surface area contributed by atoms with Crippen molar-refractivity contribution in [2.24, 2.45) is 11.8 Å². The van der Waals surface area contributed by atoms with Gasteiger partial charge >= 0.3 is 12.6 Å². The molecular formula is C15H13F2NO5. The lowest BCUT2D eigenvalue weighted by Crippen LogP contribution is -2.39. The van der Waals surface area contributed by atoms with Crippen LogP contribution in [0, 0.1) is 11.8 Å². The van der Waals surface area contributed by atoms with Gasteiger partial charge in [-0.2, -0.15) is 8.78 Å². The number of carbonyl (C=O) groups excluding carboxylic acids is 1. The minimum Gasteiger partial charge on any atom is -0.481 e. The summed E-state index contributed by atoms with van der Waals surface area (Å²) in [5, 5.41) is 11.8. The number of hydrogen-bond acceptors (Lipinski definition) is 4. The number of anilines is 1. The number of aliphatic carboxylic acids is 1. The quantitative estimate of drug-likeness (QED) is 0.808. The van der Waals surface area contributed by atoms with Crippen LogP contribution in [0.2, 0.25) is 0 Å². The molecule has 4 atom stereocenters. The number of amides is 1. The molecule has 2 bridgehead atoms. The first-order valence-electron chi connectivity index (χ1n) is 6.88. The average Bonchev–Trinajstić information content (AvgIpc) is 3.09. The Bertz CT molecular complexity index is 646. The SMILES string of the molecule is O=C(O)[C@@H]1[C@H](C(=O)Nc2ccc(OC(F)F)cc2)[C@H]2C=C[C@H]1O2. The molecule has 1 fully saturated rings. The number of hydrogen-bond donors (Lipinski definition) is 2. The molecule has 1 aromatic rings. The minimum atomic E-state index is -2.93. The Morgan fingerprint density at radius 2 is 1.74 bits per heavy atom. The summed E-state index contributed by atoms with van der Waals surface area (Å²) in [6.07, 6.45) is 2.15. The van der Waals surface area contributed by atoms with Crippen molar-refractivity contribution in [3.05, 3.63) is 36.4 Å². The predicted molar refractivity (Wildman–Crippen MR) is 74.1 cm³/mol. The van der Waals surface area contributed by atoms with Crippen LogP contribution in [0.3, 0.4) is 0 Å². The van der Waals surface area contributed by atoms with E-state index in [2.05, 4.69) is 10.1 Å². The van der Waals surface area contributed by atoms with Gasteiger partial charge in [0.05, 0.1) is 18.1 Å². The number of nitrogens with one attached hydrogen (secondary N) is 1. The van der Waals surface area contributed by atoms with Crippen molar-refractivity contribution in [2.75, 3.05) is 5.32 Å². The Hall–Kier alpha value is -2.48. The second kappa shape index (κ2) is 5.96. The molecule has 2 aliphatic rings. The molecule has 1 amide bonds. The van der Waals surface area contributed by atoms with Crippen LogP contribution in [0.25, 0.3) is 0 Å². The van der Waals surface area contributed by atoms with E-state index in [4.69, 9.17) is 4.74 Å². The maximum atomic E-state index is 12.3. The molecule has 1 aromatic carbocycles. The molecule has 2 heterocycles. The molecule has 23 heavy (non-hydrogen) atoms. The normalized spacial score (nSPS) is 28.1. The molecule has 0 saturated carbocycles. The van der Waals surface area contributed by atoms with E-state index in [1.165, 1.54) is 24.3 Å². The number of alkyl halides is 2. The molecule has 122 valence electrons. The third-order valence-electron chi connectivity index (χ3n) is 3.83. The maximum absolute atomic E-state index is 12.3. The van der Waals surface area contributed by atoms with Crippen LogP contribution < -0.4 is 10.1 Å². The Morgan fingerprint density at radius 1 is 1.13 bits per heavy atom. The fourth-order valence-corrected chi connectivity index (χ4v) is 2.86. The second-order valence-corrected chi connectivity index (χ2v) is 5.23. The highest BCUT2D eigenvalue weighted by atomic mass is 19.3. The van der Waals surface area contributed by atoms with Gasteiger partial charge in [-0.15, -0.1) is 0 Å². The molecule has 0 radical (unpaired) electrons. The van der Waals surface area contributed by atoms with E-state index in [-0.39, 0.29) is 5.75 Å². The summed E-state index contributed by atoms with van der Waals surface area (Å²) in [7, 11) is 0. The van der Waals surface area contributed by atoms with Crippen LogP contribution in [-0.4, -0.2) is 35.8 Å². The average molecular weight is 325 g/mol. The zero-order valence-electron chi connectivity index (χ0n) is 11.7. The van der Waals surface area contributed by atoms with Crippen molar-refractivity contribution >= 4 is 17.6 Å². The van der Waals surface area contributed by atoms with Crippen molar-refractivity contribution in [2.45, 2.75) is 18.8 Å². The van der Waals surface area contributed by atoms with Crippen LogP contribution >= 0.6 is 0 Å². The number of halogens is 2. The number of carboxylic acids is 1. The summed E-state index contributed by atoms with van der Waals surface area (Å²) in [6.45, 7) is -2.93. The van der Waals surface area contributed by atoms with Crippen molar-refractivity contribution in [1.82, 2.24) is 0 Å². The van der Waals surface area contributed by atoms with Gasteiger partial charge < -0.3 is 19.9 Å². The molecule has 1 saturated heterocycles. The first-order valence-corrected chi connectivity index (χ1v) is 6.88. The van der Waals surface area contributed by atoms with Crippen molar-refractivity contribution in [1.29, 1.82) is 0 Å². The number of carboxylic acid groups (broad SMARTS) is 1. The molecule has 2 aliphatic heterocycles. The van der Waals surface area contributed by atoms with Crippen molar-refractivity contribution in [3.63, 3.8) is 0 Å². The molecule has 2 N–H and O–H groups in total. The Labute approximate surface area is 129 Å². The third-order valence-corrected chi connectivity index (χ3v) is 3.83. The lowest BCUT2D eigenvalue weighted by Gasteiger charge is -2.21. The lowest BCUT2D eigenvalue weighted by molar-refractivity contribution is -0.145.